The number of benzene rings is 1. The number of fused-ring (bicyclic) bond motifs is 1. The van der Waals surface area contributed by atoms with Crippen molar-refractivity contribution in [3.8, 4) is 0 Å². The second-order valence-corrected chi connectivity index (χ2v) is 5.55. The van der Waals surface area contributed by atoms with E-state index in [4.69, 9.17) is 0 Å². The van der Waals surface area contributed by atoms with Crippen LogP contribution in [-0.4, -0.2) is 23.6 Å². The topological polar surface area (TPSA) is 61.9 Å². The quantitative estimate of drug-likeness (QED) is 0.806. The van der Waals surface area contributed by atoms with Crippen LogP contribution in [0.1, 0.15) is 11.3 Å². The van der Waals surface area contributed by atoms with Gasteiger partial charge in [0.15, 0.2) is 0 Å². The standard InChI is InChI=1S/C14H16BrN5/c1-16-14-19-12-6-7-17-8-11(12)13(20-14)18-10-4-2-9(15)3-5-10/h2-5,17H,6-8H2,1H3,(H2,16,18,19,20). The predicted molar refractivity (Wildman–Crippen MR) is 84.4 cm³/mol. The lowest BCUT2D eigenvalue weighted by atomic mass is 10.1. The molecule has 0 saturated carbocycles. The van der Waals surface area contributed by atoms with Gasteiger partial charge in [-0.3, -0.25) is 0 Å². The number of nitrogens with one attached hydrogen (secondary N) is 3. The molecule has 0 saturated heterocycles. The Morgan fingerprint density at radius 3 is 2.75 bits per heavy atom. The van der Waals surface area contributed by atoms with E-state index in [2.05, 4.69) is 41.8 Å². The molecule has 0 atom stereocenters. The first kappa shape index (κ1) is 13.3. The van der Waals surface area contributed by atoms with Gasteiger partial charge in [-0.05, 0) is 24.3 Å². The van der Waals surface area contributed by atoms with Crippen molar-refractivity contribution in [2.24, 2.45) is 0 Å². The van der Waals surface area contributed by atoms with Gasteiger partial charge in [0.1, 0.15) is 5.82 Å². The monoisotopic (exact) mass is 333 g/mol. The van der Waals surface area contributed by atoms with Gasteiger partial charge in [0.05, 0.1) is 5.69 Å². The summed E-state index contributed by atoms with van der Waals surface area (Å²) in [6.07, 6.45) is 0.932. The second-order valence-electron chi connectivity index (χ2n) is 4.63. The zero-order valence-electron chi connectivity index (χ0n) is 11.2. The van der Waals surface area contributed by atoms with Gasteiger partial charge in [0.2, 0.25) is 5.95 Å². The van der Waals surface area contributed by atoms with E-state index < -0.39 is 0 Å². The third-order valence-electron chi connectivity index (χ3n) is 3.26. The summed E-state index contributed by atoms with van der Waals surface area (Å²) >= 11 is 3.44. The summed E-state index contributed by atoms with van der Waals surface area (Å²) in [7, 11) is 1.84. The van der Waals surface area contributed by atoms with E-state index >= 15 is 0 Å². The van der Waals surface area contributed by atoms with Gasteiger partial charge in [-0.25, -0.2) is 4.98 Å². The first-order valence-corrected chi connectivity index (χ1v) is 7.36. The molecule has 0 radical (unpaired) electrons. The van der Waals surface area contributed by atoms with Crippen LogP contribution in [-0.2, 0) is 13.0 Å². The van der Waals surface area contributed by atoms with E-state index in [9.17, 15) is 0 Å². The summed E-state index contributed by atoms with van der Waals surface area (Å²) in [6.45, 7) is 1.77. The van der Waals surface area contributed by atoms with Gasteiger partial charge < -0.3 is 16.0 Å². The maximum atomic E-state index is 4.54. The molecule has 1 aromatic heterocycles. The third kappa shape index (κ3) is 2.76. The van der Waals surface area contributed by atoms with Crippen LogP contribution in [0.4, 0.5) is 17.5 Å². The molecule has 6 heteroatoms. The van der Waals surface area contributed by atoms with Crippen LogP contribution in [0.15, 0.2) is 28.7 Å². The highest BCUT2D eigenvalue weighted by Gasteiger charge is 2.17. The van der Waals surface area contributed by atoms with Crippen molar-refractivity contribution in [3.63, 3.8) is 0 Å². The average molecular weight is 334 g/mol. The molecule has 1 aromatic carbocycles. The van der Waals surface area contributed by atoms with Crippen LogP contribution in [0.2, 0.25) is 0 Å². The molecule has 2 aromatic rings. The molecule has 3 N–H and O–H groups in total. The Balaban J connectivity index is 1.96. The van der Waals surface area contributed by atoms with Crippen molar-refractivity contribution >= 4 is 33.4 Å². The summed E-state index contributed by atoms with van der Waals surface area (Å²) < 4.78 is 1.06. The molecular formula is C14H16BrN5. The van der Waals surface area contributed by atoms with E-state index in [-0.39, 0.29) is 0 Å². The Hall–Kier alpha value is -1.66. The summed E-state index contributed by atoms with van der Waals surface area (Å²) in [5, 5.41) is 9.77. The van der Waals surface area contributed by atoms with E-state index in [0.717, 1.165) is 46.7 Å². The van der Waals surface area contributed by atoms with Crippen molar-refractivity contribution < 1.29 is 0 Å². The van der Waals surface area contributed by atoms with Crippen molar-refractivity contribution in [1.29, 1.82) is 0 Å². The van der Waals surface area contributed by atoms with Gasteiger partial charge in [-0.1, -0.05) is 15.9 Å². The van der Waals surface area contributed by atoms with Gasteiger partial charge in [-0.2, -0.15) is 4.98 Å². The molecule has 20 heavy (non-hydrogen) atoms. The number of rotatable bonds is 3. The molecule has 0 spiro atoms. The normalized spacial score (nSPS) is 13.7. The second kappa shape index (κ2) is 5.76. The fourth-order valence-electron chi connectivity index (χ4n) is 2.23. The van der Waals surface area contributed by atoms with Crippen LogP contribution >= 0.6 is 15.9 Å². The van der Waals surface area contributed by atoms with Crippen LogP contribution in [0, 0.1) is 0 Å². The zero-order valence-corrected chi connectivity index (χ0v) is 12.8. The van der Waals surface area contributed by atoms with Gasteiger partial charge >= 0.3 is 0 Å². The zero-order chi connectivity index (χ0) is 13.9. The summed E-state index contributed by atoms with van der Waals surface area (Å²) in [6, 6.07) is 8.06. The van der Waals surface area contributed by atoms with Crippen LogP contribution in [0.5, 0.6) is 0 Å². The number of hydrogen-bond donors (Lipinski definition) is 3. The Morgan fingerprint density at radius 2 is 2.00 bits per heavy atom. The lowest BCUT2D eigenvalue weighted by molar-refractivity contribution is 0.629. The molecule has 0 amide bonds. The Morgan fingerprint density at radius 1 is 1.20 bits per heavy atom. The minimum absolute atomic E-state index is 0.658. The molecule has 2 heterocycles. The van der Waals surface area contributed by atoms with E-state index in [1.165, 1.54) is 0 Å². The number of anilines is 3. The smallest absolute Gasteiger partial charge is 0.224 e. The molecule has 104 valence electrons. The lowest BCUT2D eigenvalue weighted by Crippen LogP contribution is -2.26. The number of aromatic nitrogens is 2. The number of hydrogen-bond acceptors (Lipinski definition) is 5. The number of nitrogens with zero attached hydrogens (tertiary/aromatic N) is 2. The predicted octanol–water partition coefficient (Wildman–Crippen LogP) is 2.67. The highest BCUT2D eigenvalue weighted by Crippen LogP contribution is 2.25. The Labute approximate surface area is 126 Å². The maximum absolute atomic E-state index is 4.54. The molecule has 0 bridgehead atoms. The minimum Gasteiger partial charge on any atom is -0.357 e. The Kier molecular flexibility index (Phi) is 3.84. The summed E-state index contributed by atoms with van der Waals surface area (Å²) in [5.41, 5.74) is 3.28. The molecule has 3 rings (SSSR count). The van der Waals surface area contributed by atoms with Gasteiger partial charge in [0, 0.05) is 42.3 Å². The van der Waals surface area contributed by atoms with E-state index in [1.807, 2.05) is 31.3 Å². The molecular weight excluding hydrogens is 318 g/mol. The number of halogens is 1. The highest BCUT2D eigenvalue weighted by molar-refractivity contribution is 9.10. The van der Waals surface area contributed by atoms with Crippen LogP contribution in [0.25, 0.3) is 0 Å². The fraction of sp³-hybridized carbons (Fsp3) is 0.286. The first-order valence-electron chi connectivity index (χ1n) is 6.57. The SMILES string of the molecule is CNc1nc2c(c(Nc3ccc(Br)cc3)n1)CNCC2. The third-order valence-corrected chi connectivity index (χ3v) is 3.79. The van der Waals surface area contributed by atoms with E-state index in [1.54, 1.807) is 0 Å². The summed E-state index contributed by atoms with van der Waals surface area (Å²) in [5.74, 6) is 1.53. The first-order chi connectivity index (χ1) is 9.76. The van der Waals surface area contributed by atoms with Crippen LogP contribution < -0.4 is 16.0 Å². The molecule has 0 aliphatic carbocycles. The Bertz CT molecular complexity index is 612. The highest BCUT2D eigenvalue weighted by atomic mass is 79.9. The van der Waals surface area contributed by atoms with Crippen LogP contribution in [0.3, 0.4) is 0 Å². The maximum Gasteiger partial charge on any atom is 0.224 e. The molecule has 5 nitrogen and oxygen atoms in total. The van der Waals surface area contributed by atoms with Crippen molar-refractivity contribution in [1.82, 2.24) is 15.3 Å². The molecule has 0 fully saturated rings. The minimum atomic E-state index is 0.658. The van der Waals surface area contributed by atoms with Gasteiger partial charge in [0.25, 0.3) is 0 Å². The van der Waals surface area contributed by atoms with Crippen molar-refractivity contribution in [3.05, 3.63) is 40.0 Å². The molecule has 1 aliphatic rings. The lowest BCUT2D eigenvalue weighted by Gasteiger charge is -2.20. The molecule has 0 unspecified atom stereocenters. The van der Waals surface area contributed by atoms with Gasteiger partial charge in [-0.15, -0.1) is 0 Å². The largest absolute Gasteiger partial charge is 0.357 e. The molecule has 1 aliphatic heterocycles. The average Bonchev–Trinajstić information content (AvgIpc) is 2.49. The van der Waals surface area contributed by atoms with E-state index in [0.29, 0.717) is 5.95 Å². The van der Waals surface area contributed by atoms with Crippen molar-refractivity contribution in [2.75, 3.05) is 24.2 Å². The fourth-order valence-corrected chi connectivity index (χ4v) is 2.49. The van der Waals surface area contributed by atoms with Crippen molar-refractivity contribution in [2.45, 2.75) is 13.0 Å². The summed E-state index contributed by atoms with van der Waals surface area (Å²) in [4.78, 5) is 9.08.